The first-order chi connectivity index (χ1) is 22.1. The lowest BCUT2D eigenvalue weighted by atomic mass is 9.92. The molecule has 1 saturated carbocycles. The van der Waals surface area contributed by atoms with E-state index < -0.39 is 17.2 Å². The molecule has 4 bridgehead atoms. The summed E-state index contributed by atoms with van der Waals surface area (Å²) in [6.07, 6.45) is -1.05. The van der Waals surface area contributed by atoms with Gasteiger partial charge in [-0.25, -0.2) is 4.98 Å². The van der Waals surface area contributed by atoms with Crippen molar-refractivity contribution in [3.8, 4) is 16.9 Å². The van der Waals surface area contributed by atoms with Crippen LogP contribution in [0.25, 0.3) is 11.1 Å². The predicted molar refractivity (Wildman–Crippen MR) is 174 cm³/mol. The van der Waals surface area contributed by atoms with Crippen LogP contribution in [0.15, 0.2) is 72.9 Å². The Labute approximate surface area is 265 Å². The van der Waals surface area contributed by atoms with Crippen LogP contribution < -0.4 is 26.0 Å². The largest absolute Gasteiger partial charge is 0.492 e. The lowest BCUT2D eigenvalue weighted by Gasteiger charge is -2.20. The molecule has 0 spiro atoms. The van der Waals surface area contributed by atoms with E-state index in [1.54, 1.807) is 24.4 Å². The SMILES string of the molecule is CN(C)CCOc1cc(C(F)(F)F)cc(C2(C(=O)Nc3ccc(-c4cnc5nc4NCCCNc4cccc(c4)N5)cc3)CC2)c1. The topological polar surface area (TPSA) is 103 Å². The van der Waals surface area contributed by atoms with Crippen molar-refractivity contribution in [3.63, 3.8) is 0 Å². The minimum absolute atomic E-state index is 0.102. The molecule has 0 atom stereocenters. The van der Waals surface area contributed by atoms with Crippen molar-refractivity contribution in [2.24, 2.45) is 0 Å². The summed E-state index contributed by atoms with van der Waals surface area (Å²) >= 11 is 0. The van der Waals surface area contributed by atoms with Crippen LogP contribution in [0, 0.1) is 0 Å². The lowest BCUT2D eigenvalue weighted by molar-refractivity contribution is -0.137. The van der Waals surface area contributed by atoms with Crippen molar-refractivity contribution in [3.05, 3.63) is 84.1 Å². The normalized spacial score (nSPS) is 15.3. The lowest BCUT2D eigenvalue weighted by Crippen LogP contribution is -2.28. The number of nitrogens with zero attached hydrogens (tertiary/aromatic N) is 3. The van der Waals surface area contributed by atoms with E-state index in [1.807, 2.05) is 55.4 Å². The van der Waals surface area contributed by atoms with Gasteiger partial charge in [-0.1, -0.05) is 18.2 Å². The van der Waals surface area contributed by atoms with Crippen molar-refractivity contribution in [1.82, 2.24) is 14.9 Å². The quantitative estimate of drug-likeness (QED) is 0.170. The highest BCUT2D eigenvalue weighted by molar-refractivity contribution is 6.01. The van der Waals surface area contributed by atoms with Gasteiger partial charge in [0.05, 0.1) is 11.0 Å². The zero-order chi connectivity index (χ0) is 32.3. The smallest absolute Gasteiger partial charge is 0.416 e. The molecule has 4 N–H and O–H groups in total. The van der Waals surface area contributed by atoms with Gasteiger partial charge in [-0.3, -0.25) is 4.79 Å². The number of ether oxygens (including phenoxy) is 1. The minimum atomic E-state index is -4.57. The van der Waals surface area contributed by atoms with Crippen molar-refractivity contribution < 1.29 is 22.7 Å². The second kappa shape index (κ2) is 12.9. The van der Waals surface area contributed by atoms with E-state index in [1.165, 1.54) is 0 Å². The Morgan fingerprint density at radius 3 is 2.50 bits per heavy atom. The molecule has 9 nitrogen and oxygen atoms in total. The fraction of sp³-hybridized carbons (Fsp3) is 0.324. The number of likely N-dealkylation sites (N-methyl/N-ethyl adjacent to an activating group) is 1. The molecule has 46 heavy (non-hydrogen) atoms. The summed E-state index contributed by atoms with van der Waals surface area (Å²) in [7, 11) is 3.71. The molecule has 240 valence electrons. The summed E-state index contributed by atoms with van der Waals surface area (Å²) in [6, 6.07) is 18.8. The molecule has 1 aliphatic carbocycles. The monoisotopic (exact) mass is 631 g/mol. The van der Waals surface area contributed by atoms with Crippen molar-refractivity contribution in [1.29, 1.82) is 0 Å². The van der Waals surface area contributed by atoms with Gasteiger partial charge in [-0.05, 0) is 93.0 Å². The van der Waals surface area contributed by atoms with Crippen LogP contribution in [-0.2, 0) is 16.4 Å². The van der Waals surface area contributed by atoms with Crippen LogP contribution in [0.3, 0.4) is 0 Å². The summed E-state index contributed by atoms with van der Waals surface area (Å²) in [5.41, 5.74) is 2.50. The number of nitrogens with one attached hydrogen (secondary N) is 4. The molecule has 2 aliphatic rings. The Morgan fingerprint density at radius 2 is 1.76 bits per heavy atom. The van der Waals surface area contributed by atoms with Crippen LogP contribution in [0.5, 0.6) is 5.75 Å². The number of fused-ring (bicyclic) bond motifs is 4. The average molecular weight is 632 g/mol. The number of carbonyl (C=O) groups excluding carboxylic acids is 1. The van der Waals surface area contributed by atoms with Gasteiger partial charge in [0.15, 0.2) is 0 Å². The van der Waals surface area contributed by atoms with Crippen LogP contribution >= 0.6 is 0 Å². The number of hydrogen-bond donors (Lipinski definition) is 4. The van der Waals surface area contributed by atoms with E-state index in [2.05, 4.69) is 26.3 Å². The standard InChI is InChI=1S/C34H36F3N7O2/c1-44(2)15-16-46-28-18-23(17-24(19-28)34(35,36)37)33(11-12-33)31(45)41-25-9-7-22(8-10-25)29-21-40-32-42-27-6-3-5-26(20-27)38-13-4-14-39-30(29)43-32/h3,5-10,17-21,38H,4,11-16H2,1-2H3,(H,41,45)(H2,39,40,42,43). The van der Waals surface area contributed by atoms with Crippen LogP contribution in [-0.4, -0.2) is 61.1 Å². The number of halogens is 3. The molecule has 0 radical (unpaired) electrons. The second-order valence-corrected chi connectivity index (χ2v) is 11.9. The first kappa shape index (κ1) is 31.2. The molecule has 1 aromatic heterocycles. The molecule has 0 unspecified atom stereocenters. The van der Waals surface area contributed by atoms with Crippen LogP contribution in [0.2, 0.25) is 0 Å². The van der Waals surface area contributed by atoms with Crippen molar-refractivity contribution in [2.75, 3.05) is 61.6 Å². The molecule has 2 heterocycles. The molecule has 0 saturated heterocycles. The van der Waals surface area contributed by atoms with Gasteiger partial charge in [0.2, 0.25) is 11.9 Å². The molecule has 1 aliphatic heterocycles. The third kappa shape index (κ3) is 7.17. The number of benzene rings is 3. The van der Waals surface area contributed by atoms with Gasteiger partial charge in [0.1, 0.15) is 18.2 Å². The Balaban J connectivity index is 1.19. The van der Waals surface area contributed by atoms with E-state index in [0.717, 1.165) is 47.6 Å². The Bertz CT molecular complexity index is 1710. The first-order valence-electron chi connectivity index (χ1n) is 15.2. The number of amides is 1. The number of hydrogen-bond acceptors (Lipinski definition) is 8. The van der Waals surface area contributed by atoms with Crippen molar-refractivity contribution >= 4 is 34.7 Å². The number of anilines is 5. The van der Waals surface area contributed by atoms with Crippen molar-refractivity contribution in [2.45, 2.75) is 30.9 Å². The zero-order valence-corrected chi connectivity index (χ0v) is 25.7. The van der Waals surface area contributed by atoms with E-state index in [9.17, 15) is 18.0 Å². The number of rotatable bonds is 8. The van der Waals surface area contributed by atoms with Crippen LogP contribution in [0.4, 0.5) is 42.0 Å². The zero-order valence-electron chi connectivity index (χ0n) is 25.7. The minimum Gasteiger partial charge on any atom is -0.492 e. The Kier molecular flexibility index (Phi) is 8.72. The van der Waals surface area contributed by atoms with Gasteiger partial charge in [0.25, 0.3) is 0 Å². The second-order valence-electron chi connectivity index (χ2n) is 11.9. The maximum atomic E-state index is 13.8. The molecule has 3 aromatic carbocycles. The Hall–Kier alpha value is -4.84. The molecule has 4 aromatic rings. The number of alkyl halides is 3. The fourth-order valence-corrected chi connectivity index (χ4v) is 5.38. The third-order valence-corrected chi connectivity index (χ3v) is 8.11. The van der Waals surface area contributed by atoms with Gasteiger partial charge >= 0.3 is 6.18 Å². The summed E-state index contributed by atoms with van der Waals surface area (Å²) in [5, 5.41) is 13.0. The molecule has 1 amide bonds. The fourth-order valence-electron chi connectivity index (χ4n) is 5.38. The highest BCUT2D eigenvalue weighted by Crippen LogP contribution is 2.51. The van der Waals surface area contributed by atoms with Gasteiger partial charge in [-0.2, -0.15) is 18.2 Å². The van der Waals surface area contributed by atoms with E-state index >= 15 is 0 Å². The molecular formula is C34H36F3N7O2. The highest BCUT2D eigenvalue weighted by atomic mass is 19.4. The molecule has 6 rings (SSSR count). The summed E-state index contributed by atoms with van der Waals surface area (Å²) in [6.45, 7) is 2.27. The maximum absolute atomic E-state index is 13.8. The van der Waals surface area contributed by atoms with Crippen LogP contribution in [0.1, 0.15) is 30.4 Å². The van der Waals surface area contributed by atoms with Gasteiger partial charge in [0, 0.05) is 48.5 Å². The van der Waals surface area contributed by atoms with Gasteiger partial charge < -0.3 is 30.9 Å². The molecular weight excluding hydrogens is 595 g/mol. The van der Waals surface area contributed by atoms with E-state index in [-0.39, 0.29) is 18.3 Å². The maximum Gasteiger partial charge on any atom is 0.416 e. The summed E-state index contributed by atoms with van der Waals surface area (Å²) < 4.78 is 47.0. The molecule has 12 heteroatoms. The summed E-state index contributed by atoms with van der Waals surface area (Å²) in [5.74, 6) is 0.892. The van der Waals surface area contributed by atoms with Gasteiger partial charge in [-0.15, -0.1) is 0 Å². The average Bonchev–Trinajstić information content (AvgIpc) is 3.83. The first-order valence-corrected chi connectivity index (χ1v) is 15.2. The highest BCUT2D eigenvalue weighted by Gasteiger charge is 2.52. The Morgan fingerprint density at radius 1 is 1.00 bits per heavy atom. The number of carbonyl (C=O) groups is 1. The number of aromatic nitrogens is 2. The molecule has 1 fully saturated rings. The van der Waals surface area contributed by atoms with E-state index in [0.29, 0.717) is 48.9 Å². The third-order valence-electron chi connectivity index (χ3n) is 8.11. The summed E-state index contributed by atoms with van der Waals surface area (Å²) in [4.78, 5) is 24.7. The van der Waals surface area contributed by atoms with E-state index in [4.69, 9.17) is 9.72 Å². The predicted octanol–water partition coefficient (Wildman–Crippen LogP) is 6.74.